The van der Waals surface area contributed by atoms with Gasteiger partial charge in [-0.1, -0.05) is 81.3 Å². The summed E-state index contributed by atoms with van der Waals surface area (Å²) in [6.07, 6.45) is 7.20. The summed E-state index contributed by atoms with van der Waals surface area (Å²) in [5.41, 5.74) is 6.23. The number of rotatable bonds is 4. The van der Waals surface area contributed by atoms with Crippen LogP contribution in [0.25, 0.3) is 42.6 Å². The van der Waals surface area contributed by atoms with E-state index in [2.05, 4.69) is 62.4 Å². The van der Waals surface area contributed by atoms with Crippen molar-refractivity contribution in [1.29, 1.82) is 0 Å². The molecule has 0 bridgehead atoms. The summed E-state index contributed by atoms with van der Waals surface area (Å²) in [5, 5.41) is 2.26. The molecule has 0 amide bonds. The maximum Gasteiger partial charge on any atom is 0.0719 e. The Morgan fingerprint density at radius 2 is 1.71 bits per heavy atom. The molecule has 0 saturated heterocycles. The van der Waals surface area contributed by atoms with Gasteiger partial charge in [-0.15, -0.1) is 11.3 Å². The van der Waals surface area contributed by atoms with Crippen LogP contribution >= 0.6 is 11.3 Å². The van der Waals surface area contributed by atoms with Gasteiger partial charge in [0, 0.05) is 36.0 Å². The molecule has 0 aliphatic heterocycles. The lowest BCUT2D eigenvalue weighted by molar-refractivity contribution is 0.325. The first-order valence-corrected chi connectivity index (χ1v) is 13.1. The molecule has 170 valence electrons. The Labute approximate surface area is 210 Å². The molecule has 0 spiro atoms. The van der Waals surface area contributed by atoms with Gasteiger partial charge < -0.3 is 0 Å². The molecule has 3 aromatic carbocycles. The minimum atomic E-state index is -2.13. The standard InChI is InChI=1S/C32H31NS/c1-21-13-14-27-29(19-21)34-31-26(16-15-25(30(27)31)22-9-5-4-6-10-22)28-20-24(17-18-33-28)32(2,3)23-11-7-8-12-23/h4-6,9-10,13-20,23H,7-8,11-12H2,1-3H3/i1D3. The molecule has 2 heterocycles. The van der Waals surface area contributed by atoms with Crippen LogP contribution in [-0.2, 0) is 5.41 Å². The highest BCUT2D eigenvalue weighted by molar-refractivity contribution is 7.26. The van der Waals surface area contributed by atoms with Gasteiger partial charge in [-0.25, -0.2) is 0 Å². The number of nitrogens with zero attached hydrogens (tertiary/aromatic N) is 1. The predicted octanol–water partition coefficient (Wildman–Crippen LogP) is 9.56. The minimum Gasteiger partial charge on any atom is -0.256 e. The van der Waals surface area contributed by atoms with Crippen LogP contribution in [0, 0.1) is 12.8 Å². The van der Waals surface area contributed by atoms with Gasteiger partial charge in [0.05, 0.1) is 5.69 Å². The summed E-state index contributed by atoms with van der Waals surface area (Å²) in [7, 11) is 0. The van der Waals surface area contributed by atoms with E-state index in [4.69, 9.17) is 9.10 Å². The van der Waals surface area contributed by atoms with Crippen molar-refractivity contribution in [2.75, 3.05) is 0 Å². The summed E-state index contributed by atoms with van der Waals surface area (Å²) >= 11 is 1.67. The number of benzene rings is 3. The highest BCUT2D eigenvalue weighted by Crippen LogP contribution is 2.46. The Bertz CT molecular complexity index is 1590. The van der Waals surface area contributed by atoms with Gasteiger partial charge in [0.25, 0.3) is 0 Å². The van der Waals surface area contributed by atoms with Crippen LogP contribution < -0.4 is 0 Å². The third kappa shape index (κ3) is 3.56. The summed E-state index contributed by atoms with van der Waals surface area (Å²) in [4.78, 5) is 4.85. The predicted molar refractivity (Wildman–Crippen MR) is 148 cm³/mol. The molecule has 5 aromatic rings. The van der Waals surface area contributed by atoms with Crippen LogP contribution in [0.2, 0.25) is 0 Å². The highest BCUT2D eigenvalue weighted by atomic mass is 32.1. The van der Waals surface area contributed by atoms with E-state index in [-0.39, 0.29) is 5.41 Å². The van der Waals surface area contributed by atoms with Gasteiger partial charge in [-0.05, 0) is 71.5 Å². The molecule has 1 nitrogen and oxygen atoms in total. The molecular formula is C32H31NS. The summed E-state index contributed by atoms with van der Waals surface area (Å²) in [5.74, 6) is 0.700. The van der Waals surface area contributed by atoms with E-state index in [0.717, 1.165) is 37.2 Å². The van der Waals surface area contributed by atoms with Crippen LogP contribution in [0.3, 0.4) is 0 Å². The summed E-state index contributed by atoms with van der Waals surface area (Å²) in [6.45, 7) is 2.63. The van der Waals surface area contributed by atoms with E-state index in [1.165, 1.54) is 36.6 Å². The number of hydrogen-bond donors (Lipinski definition) is 0. The molecule has 0 atom stereocenters. The molecule has 1 fully saturated rings. The molecule has 0 N–H and O–H groups in total. The van der Waals surface area contributed by atoms with Crippen LogP contribution in [0.1, 0.15) is 54.8 Å². The van der Waals surface area contributed by atoms with Crippen molar-refractivity contribution in [1.82, 2.24) is 4.98 Å². The van der Waals surface area contributed by atoms with E-state index in [1.807, 2.05) is 24.4 Å². The maximum atomic E-state index is 7.92. The molecule has 2 aromatic heterocycles. The largest absolute Gasteiger partial charge is 0.256 e. The van der Waals surface area contributed by atoms with E-state index < -0.39 is 6.85 Å². The molecule has 6 rings (SSSR count). The van der Waals surface area contributed by atoms with Crippen LogP contribution in [0.4, 0.5) is 0 Å². The van der Waals surface area contributed by atoms with Gasteiger partial charge in [0.15, 0.2) is 0 Å². The average Bonchev–Trinajstić information content (AvgIpc) is 3.57. The quantitative estimate of drug-likeness (QED) is 0.258. The van der Waals surface area contributed by atoms with Crippen molar-refractivity contribution < 1.29 is 4.11 Å². The lowest BCUT2D eigenvalue weighted by atomic mass is 9.72. The number of aryl methyl sites for hydroxylation is 1. The Hall–Kier alpha value is -2.97. The fourth-order valence-electron chi connectivity index (χ4n) is 5.80. The number of thiophene rings is 1. The van der Waals surface area contributed by atoms with Crippen LogP contribution in [0.15, 0.2) is 79.0 Å². The lowest BCUT2D eigenvalue weighted by Gasteiger charge is -2.32. The van der Waals surface area contributed by atoms with E-state index >= 15 is 0 Å². The highest BCUT2D eigenvalue weighted by Gasteiger charge is 2.33. The second-order valence-electron chi connectivity index (χ2n) is 10.2. The molecule has 2 heteroatoms. The molecule has 0 radical (unpaired) electrons. The van der Waals surface area contributed by atoms with E-state index in [0.29, 0.717) is 11.5 Å². The normalized spacial score (nSPS) is 16.6. The lowest BCUT2D eigenvalue weighted by Crippen LogP contribution is -2.26. The van der Waals surface area contributed by atoms with Crippen molar-refractivity contribution in [3.63, 3.8) is 0 Å². The first kappa shape index (κ1) is 18.4. The monoisotopic (exact) mass is 464 g/mol. The van der Waals surface area contributed by atoms with Crippen molar-refractivity contribution >= 4 is 31.5 Å². The number of pyridine rings is 1. The van der Waals surface area contributed by atoms with Crippen molar-refractivity contribution in [3.8, 4) is 22.4 Å². The second-order valence-corrected chi connectivity index (χ2v) is 11.2. The summed E-state index contributed by atoms with van der Waals surface area (Å²) in [6, 6.07) is 24.9. The molecule has 1 aliphatic carbocycles. The third-order valence-electron chi connectivity index (χ3n) is 7.86. The number of hydrogen-bond acceptors (Lipinski definition) is 2. The summed E-state index contributed by atoms with van der Waals surface area (Å²) < 4.78 is 25.9. The fourth-order valence-corrected chi connectivity index (χ4v) is 7.09. The number of aromatic nitrogens is 1. The minimum absolute atomic E-state index is 0.103. The Morgan fingerprint density at radius 1 is 0.912 bits per heavy atom. The molecule has 0 unspecified atom stereocenters. The topological polar surface area (TPSA) is 12.9 Å². The average molecular weight is 465 g/mol. The Morgan fingerprint density at radius 3 is 2.50 bits per heavy atom. The first-order valence-electron chi connectivity index (χ1n) is 13.8. The Kier molecular flexibility index (Phi) is 4.52. The zero-order valence-electron chi connectivity index (χ0n) is 22.8. The van der Waals surface area contributed by atoms with E-state index in [1.54, 1.807) is 17.4 Å². The first-order chi connectivity index (χ1) is 17.7. The van der Waals surface area contributed by atoms with Gasteiger partial charge in [-0.2, -0.15) is 0 Å². The molecule has 1 saturated carbocycles. The second kappa shape index (κ2) is 8.36. The number of fused-ring (bicyclic) bond motifs is 3. The van der Waals surface area contributed by atoms with E-state index in [9.17, 15) is 0 Å². The molecule has 34 heavy (non-hydrogen) atoms. The van der Waals surface area contributed by atoms with Crippen molar-refractivity contribution in [2.24, 2.45) is 5.92 Å². The fraction of sp³-hybridized carbons (Fsp3) is 0.281. The van der Waals surface area contributed by atoms with Gasteiger partial charge in [0.2, 0.25) is 0 Å². The van der Waals surface area contributed by atoms with Crippen LogP contribution in [-0.4, -0.2) is 4.98 Å². The zero-order chi connectivity index (χ0) is 25.8. The maximum absolute atomic E-state index is 7.92. The van der Waals surface area contributed by atoms with Crippen molar-refractivity contribution in [2.45, 2.75) is 51.8 Å². The molecule has 1 aliphatic rings. The SMILES string of the molecule is [2H]C([2H])([2H])c1ccc2c(c1)sc1c(-c3cc(C(C)(C)C4CCCC4)ccn3)ccc(-c3ccccc3)c12. The van der Waals surface area contributed by atoms with Crippen molar-refractivity contribution in [3.05, 3.63) is 90.1 Å². The van der Waals surface area contributed by atoms with Gasteiger partial charge in [0.1, 0.15) is 0 Å². The van der Waals surface area contributed by atoms with Gasteiger partial charge >= 0.3 is 0 Å². The van der Waals surface area contributed by atoms with Gasteiger partial charge in [-0.3, -0.25) is 4.98 Å². The zero-order valence-corrected chi connectivity index (χ0v) is 20.6. The molecular weight excluding hydrogens is 430 g/mol. The third-order valence-corrected chi connectivity index (χ3v) is 9.05. The Balaban J connectivity index is 1.58. The smallest absolute Gasteiger partial charge is 0.0719 e. The van der Waals surface area contributed by atoms with Crippen LogP contribution in [0.5, 0.6) is 0 Å².